The lowest BCUT2D eigenvalue weighted by atomic mass is 9.98. The molecule has 3 N–H and O–H groups in total. The second-order valence-electron chi connectivity index (χ2n) is 5.73. The van der Waals surface area contributed by atoms with Crippen molar-refractivity contribution < 1.29 is 20.1 Å². The summed E-state index contributed by atoms with van der Waals surface area (Å²) in [4.78, 5) is 24.9. The highest BCUT2D eigenvalue weighted by molar-refractivity contribution is 5.70. The van der Waals surface area contributed by atoms with E-state index in [2.05, 4.69) is 0 Å². The van der Waals surface area contributed by atoms with Crippen LogP contribution in [0.1, 0.15) is 24.2 Å². The highest BCUT2D eigenvalue weighted by atomic mass is 16.4. The van der Waals surface area contributed by atoms with Crippen LogP contribution in [0.2, 0.25) is 0 Å². The Morgan fingerprint density at radius 1 is 1.45 bits per heavy atom. The minimum Gasteiger partial charge on any atom is -0.503 e. The first-order valence-corrected chi connectivity index (χ1v) is 7.42. The maximum atomic E-state index is 11.8. The van der Waals surface area contributed by atoms with Gasteiger partial charge in [-0.3, -0.25) is 14.5 Å². The van der Waals surface area contributed by atoms with Gasteiger partial charge < -0.3 is 19.9 Å². The van der Waals surface area contributed by atoms with Crippen molar-refractivity contribution in [3.8, 4) is 5.75 Å². The fraction of sp³-hybridized carbons (Fsp3) is 0.600. The van der Waals surface area contributed by atoms with E-state index in [1.165, 1.54) is 6.07 Å². The first-order valence-electron chi connectivity index (χ1n) is 7.42. The molecule has 2 heterocycles. The third kappa shape index (κ3) is 3.48. The zero-order valence-corrected chi connectivity index (χ0v) is 12.7. The Hall–Kier alpha value is -1.86. The molecule has 22 heavy (non-hydrogen) atoms. The van der Waals surface area contributed by atoms with Crippen LogP contribution in [-0.2, 0) is 17.9 Å². The summed E-state index contributed by atoms with van der Waals surface area (Å²) in [6.07, 6.45) is 1.42. The third-order valence-corrected chi connectivity index (χ3v) is 4.15. The van der Waals surface area contributed by atoms with Crippen LogP contribution in [0, 0.1) is 12.8 Å². The lowest BCUT2D eigenvalue weighted by Crippen LogP contribution is -2.39. The number of aliphatic hydroxyl groups excluding tert-OH is 1. The average Bonchev–Trinajstić information content (AvgIpc) is 2.48. The van der Waals surface area contributed by atoms with Crippen molar-refractivity contribution in [2.45, 2.75) is 32.9 Å². The van der Waals surface area contributed by atoms with Gasteiger partial charge >= 0.3 is 5.97 Å². The molecular weight excluding hydrogens is 288 g/mol. The molecule has 1 atom stereocenters. The minimum atomic E-state index is -0.814. The molecular formula is C15H22N2O5. The van der Waals surface area contributed by atoms with Gasteiger partial charge in [0.2, 0.25) is 5.43 Å². The van der Waals surface area contributed by atoms with Crippen molar-refractivity contribution in [3.05, 3.63) is 27.7 Å². The van der Waals surface area contributed by atoms with E-state index in [-0.39, 0.29) is 18.9 Å². The number of carbonyl (C=O) groups is 1. The molecule has 7 nitrogen and oxygen atoms in total. The molecule has 7 heteroatoms. The molecule has 0 aromatic carbocycles. The molecule has 0 spiro atoms. The summed E-state index contributed by atoms with van der Waals surface area (Å²) in [6.45, 7) is 3.35. The van der Waals surface area contributed by atoms with Crippen LogP contribution in [0.25, 0.3) is 0 Å². The van der Waals surface area contributed by atoms with Gasteiger partial charge in [0.25, 0.3) is 0 Å². The maximum absolute atomic E-state index is 11.8. The Morgan fingerprint density at radius 2 is 2.18 bits per heavy atom. The number of aromatic nitrogens is 1. The fourth-order valence-electron chi connectivity index (χ4n) is 3.00. The summed E-state index contributed by atoms with van der Waals surface area (Å²) in [5.74, 6) is -1.55. The number of carboxylic acid groups (broad SMARTS) is 1. The zero-order chi connectivity index (χ0) is 16.3. The molecule has 1 saturated heterocycles. The Balaban J connectivity index is 2.28. The molecule has 0 saturated carbocycles. The summed E-state index contributed by atoms with van der Waals surface area (Å²) < 4.78 is 1.71. The second-order valence-corrected chi connectivity index (χ2v) is 5.73. The monoisotopic (exact) mass is 310 g/mol. The van der Waals surface area contributed by atoms with Crippen LogP contribution in [0.4, 0.5) is 0 Å². The molecule has 1 aromatic heterocycles. The number of nitrogens with zero attached hydrogens (tertiary/aromatic N) is 2. The smallest absolute Gasteiger partial charge is 0.307 e. The largest absolute Gasteiger partial charge is 0.503 e. The number of piperidine rings is 1. The lowest BCUT2D eigenvalue weighted by molar-refractivity contribution is -0.143. The highest BCUT2D eigenvalue weighted by Gasteiger charge is 2.26. The Morgan fingerprint density at radius 3 is 2.82 bits per heavy atom. The number of aliphatic hydroxyl groups is 1. The summed E-state index contributed by atoms with van der Waals surface area (Å²) in [5.41, 5.74) is 0.650. The van der Waals surface area contributed by atoms with Crippen LogP contribution in [0.15, 0.2) is 10.9 Å². The summed E-state index contributed by atoms with van der Waals surface area (Å²) >= 11 is 0. The van der Waals surface area contributed by atoms with E-state index in [4.69, 9.17) is 5.11 Å². The van der Waals surface area contributed by atoms with Gasteiger partial charge in [-0.1, -0.05) is 0 Å². The molecule has 2 rings (SSSR count). The van der Waals surface area contributed by atoms with E-state index in [0.29, 0.717) is 30.9 Å². The molecule has 0 radical (unpaired) electrons. The zero-order valence-electron chi connectivity index (χ0n) is 12.7. The van der Waals surface area contributed by atoms with E-state index in [1.54, 1.807) is 11.5 Å². The topological polar surface area (TPSA) is 103 Å². The Bertz CT molecular complexity index is 611. The highest BCUT2D eigenvalue weighted by Crippen LogP contribution is 2.22. The Labute approximate surface area is 128 Å². The van der Waals surface area contributed by atoms with E-state index >= 15 is 0 Å². The predicted molar refractivity (Wildman–Crippen MR) is 79.8 cm³/mol. The second kappa shape index (κ2) is 6.93. The lowest BCUT2D eigenvalue weighted by Gasteiger charge is -2.31. The fourth-order valence-corrected chi connectivity index (χ4v) is 3.00. The van der Waals surface area contributed by atoms with Crippen molar-refractivity contribution in [2.75, 3.05) is 19.7 Å². The SMILES string of the molecule is Cc1cc(=O)c(O)c(CN2CCCC(C(=O)O)C2)n1CCO. The van der Waals surface area contributed by atoms with Crippen LogP contribution in [-0.4, -0.2) is 50.5 Å². The molecule has 1 aromatic rings. The predicted octanol–water partition coefficient (Wildman–Crippen LogP) is 0.151. The maximum Gasteiger partial charge on any atom is 0.307 e. The van der Waals surface area contributed by atoms with E-state index < -0.39 is 17.3 Å². The van der Waals surface area contributed by atoms with Crippen molar-refractivity contribution in [1.29, 1.82) is 0 Å². The van der Waals surface area contributed by atoms with E-state index in [9.17, 15) is 19.8 Å². The van der Waals surface area contributed by atoms with Gasteiger partial charge in [-0.15, -0.1) is 0 Å². The molecule has 1 aliphatic heterocycles. The molecule has 122 valence electrons. The van der Waals surface area contributed by atoms with Crippen LogP contribution in [0.3, 0.4) is 0 Å². The van der Waals surface area contributed by atoms with Gasteiger partial charge in [0.1, 0.15) is 0 Å². The molecule has 0 amide bonds. The third-order valence-electron chi connectivity index (χ3n) is 4.15. The van der Waals surface area contributed by atoms with Crippen LogP contribution < -0.4 is 5.43 Å². The Kier molecular flexibility index (Phi) is 5.20. The van der Waals surface area contributed by atoms with Crippen molar-refractivity contribution in [3.63, 3.8) is 0 Å². The standard InChI is InChI=1S/C15H22N2O5/c1-10-7-13(19)14(20)12(17(10)5-6-18)9-16-4-2-3-11(8-16)15(21)22/h7,11,18,20H,2-6,8-9H2,1H3,(H,21,22). The van der Waals surface area contributed by atoms with Gasteiger partial charge in [-0.25, -0.2) is 0 Å². The number of hydrogen-bond acceptors (Lipinski definition) is 5. The number of rotatable bonds is 5. The van der Waals surface area contributed by atoms with E-state index in [1.807, 2.05) is 4.90 Å². The number of likely N-dealkylation sites (tertiary alicyclic amines) is 1. The van der Waals surface area contributed by atoms with Gasteiger partial charge in [0.05, 0.1) is 18.2 Å². The molecule has 1 aliphatic rings. The van der Waals surface area contributed by atoms with Crippen LogP contribution >= 0.6 is 0 Å². The van der Waals surface area contributed by atoms with Gasteiger partial charge in [0, 0.05) is 31.4 Å². The first-order chi connectivity index (χ1) is 10.4. The van der Waals surface area contributed by atoms with Gasteiger partial charge in [-0.05, 0) is 26.3 Å². The molecule has 1 fully saturated rings. The van der Waals surface area contributed by atoms with Crippen molar-refractivity contribution in [1.82, 2.24) is 9.47 Å². The van der Waals surface area contributed by atoms with Crippen molar-refractivity contribution in [2.24, 2.45) is 5.92 Å². The van der Waals surface area contributed by atoms with Crippen molar-refractivity contribution >= 4 is 5.97 Å². The number of aromatic hydroxyl groups is 1. The summed E-state index contributed by atoms with van der Waals surface area (Å²) in [6, 6.07) is 1.34. The molecule has 1 unspecified atom stereocenters. The van der Waals surface area contributed by atoms with Crippen LogP contribution in [0.5, 0.6) is 5.75 Å². The molecule has 0 aliphatic carbocycles. The number of aliphatic carboxylic acids is 1. The molecule has 0 bridgehead atoms. The quantitative estimate of drug-likeness (QED) is 0.715. The minimum absolute atomic E-state index is 0.103. The summed E-state index contributed by atoms with van der Waals surface area (Å²) in [7, 11) is 0. The van der Waals surface area contributed by atoms with Gasteiger partial charge in [0.15, 0.2) is 5.75 Å². The number of aryl methyl sites for hydroxylation is 1. The first kappa shape index (κ1) is 16.5. The number of carboxylic acids is 1. The number of pyridine rings is 1. The van der Waals surface area contributed by atoms with Gasteiger partial charge in [-0.2, -0.15) is 0 Å². The number of hydrogen-bond donors (Lipinski definition) is 3. The summed E-state index contributed by atoms with van der Waals surface area (Å²) in [5, 5.41) is 28.4. The van der Waals surface area contributed by atoms with E-state index in [0.717, 1.165) is 13.0 Å². The average molecular weight is 310 g/mol. The normalized spacial score (nSPS) is 19.3.